The average molecular weight is 246 g/mol. The third kappa shape index (κ3) is 3.82. The Kier molecular flexibility index (Phi) is 4.79. The first-order chi connectivity index (χ1) is 8.65. The first kappa shape index (κ1) is 13.6. The molecule has 1 unspecified atom stereocenters. The van der Waals surface area contributed by atoms with Crippen LogP contribution in [0, 0.1) is 6.92 Å². The van der Waals surface area contributed by atoms with Gasteiger partial charge in [-0.15, -0.1) is 0 Å². The van der Waals surface area contributed by atoms with E-state index < -0.39 is 0 Å². The Balaban J connectivity index is 1.92. The highest BCUT2D eigenvalue weighted by molar-refractivity contribution is 5.24. The Morgan fingerprint density at radius 2 is 2.11 bits per heavy atom. The zero-order valence-electron chi connectivity index (χ0n) is 11.9. The van der Waals surface area contributed by atoms with Crippen molar-refractivity contribution >= 4 is 0 Å². The summed E-state index contributed by atoms with van der Waals surface area (Å²) in [5.74, 6) is 0. The molecule has 1 aliphatic heterocycles. The second-order valence-electron chi connectivity index (χ2n) is 5.73. The highest BCUT2D eigenvalue weighted by Crippen LogP contribution is 2.18. The number of aryl methyl sites for hydroxylation is 1. The summed E-state index contributed by atoms with van der Waals surface area (Å²) in [5.41, 5.74) is 2.76. The molecule has 0 aliphatic carbocycles. The zero-order valence-corrected chi connectivity index (χ0v) is 11.9. The minimum atomic E-state index is 0.457. The maximum atomic E-state index is 3.80. The Bertz CT molecular complexity index is 375. The lowest BCUT2D eigenvalue weighted by Gasteiger charge is -2.22. The number of likely N-dealkylation sites (tertiary alicyclic amines) is 1. The molecule has 0 spiro atoms. The quantitative estimate of drug-likeness (QED) is 0.881. The van der Waals surface area contributed by atoms with Crippen LogP contribution >= 0.6 is 0 Å². The van der Waals surface area contributed by atoms with Crippen molar-refractivity contribution in [3.8, 4) is 0 Å². The maximum absolute atomic E-state index is 3.80. The molecule has 0 aromatic heterocycles. The number of rotatable bonds is 3. The van der Waals surface area contributed by atoms with Gasteiger partial charge in [-0.3, -0.25) is 0 Å². The average Bonchev–Trinajstić information content (AvgIpc) is 2.54. The van der Waals surface area contributed by atoms with Gasteiger partial charge in [-0.25, -0.2) is 0 Å². The summed E-state index contributed by atoms with van der Waals surface area (Å²) in [4.78, 5) is 2.44. The molecule has 1 fully saturated rings. The molecule has 1 aromatic rings. The lowest BCUT2D eigenvalue weighted by Crippen LogP contribution is -2.32. The predicted octanol–water partition coefficient (Wildman–Crippen LogP) is 3.13. The van der Waals surface area contributed by atoms with E-state index in [0.717, 1.165) is 0 Å². The van der Waals surface area contributed by atoms with Gasteiger partial charge in [-0.05, 0) is 58.8 Å². The molecule has 0 radical (unpaired) electrons. The van der Waals surface area contributed by atoms with E-state index in [1.54, 1.807) is 0 Å². The number of nitrogens with one attached hydrogen (secondary N) is 1. The molecule has 0 saturated carbocycles. The van der Waals surface area contributed by atoms with Crippen molar-refractivity contribution in [1.82, 2.24) is 10.2 Å². The van der Waals surface area contributed by atoms with E-state index in [2.05, 4.69) is 55.4 Å². The van der Waals surface area contributed by atoms with Gasteiger partial charge in [0.05, 0.1) is 0 Å². The molecule has 2 rings (SSSR count). The van der Waals surface area contributed by atoms with Crippen LogP contribution in [0.25, 0.3) is 0 Å². The Labute approximate surface area is 111 Å². The molecule has 2 nitrogen and oxygen atoms in total. The normalized spacial score (nSPS) is 23.6. The first-order valence-electron chi connectivity index (χ1n) is 7.16. The second kappa shape index (κ2) is 6.35. The van der Waals surface area contributed by atoms with E-state index in [-0.39, 0.29) is 0 Å². The van der Waals surface area contributed by atoms with Crippen LogP contribution in [-0.2, 0) is 0 Å². The number of nitrogens with zero attached hydrogens (tertiary/aromatic N) is 1. The molecule has 18 heavy (non-hydrogen) atoms. The van der Waals surface area contributed by atoms with Crippen molar-refractivity contribution in [2.75, 3.05) is 20.1 Å². The molecule has 0 amide bonds. The first-order valence-corrected chi connectivity index (χ1v) is 7.16. The predicted molar refractivity (Wildman–Crippen MR) is 77.9 cm³/mol. The largest absolute Gasteiger partial charge is 0.307 e. The van der Waals surface area contributed by atoms with E-state index >= 15 is 0 Å². The Morgan fingerprint density at radius 1 is 1.28 bits per heavy atom. The second-order valence-corrected chi connectivity index (χ2v) is 5.73. The van der Waals surface area contributed by atoms with E-state index in [1.807, 2.05) is 0 Å². The zero-order chi connectivity index (χ0) is 13.0. The van der Waals surface area contributed by atoms with Crippen molar-refractivity contribution in [3.63, 3.8) is 0 Å². The maximum Gasteiger partial charge on any atom is 0.0294 e. The standard InChI is InChI=1S/C16H26N2/c1-13-6-4-7-15(12-13)14(2)17-16-8-5-10-18(3)11-9-16/h4,6-7,12,14,16-17H,5,8-11H2,1-3H3/t14-,16?/m1/s1. The Hall–Kier alpha value is -0.860. The van der Waals surface area contributed by atoms with Crippen molar-refractivity contribution in [3.05, 3.63) is 35.4 Å². The van der Waals surface area contributed by atoms with E-state index in [1.165, 1.54) is 43.5 Å². The van der Waals surface area contributed by atoms with Gasteiger partial charge in [-0.1, -0.05) is 29.8 Å². The topological polar surface area (TPSA) is 15.3 Å². The lowest BCUT2D eigenvalue weighted by atomic mass is 10.0. The minimum Gasteiger partial charge on any atom is -0.307 e. The van der Waals surface area contributed by atoms with Crippen LogP contribution in [0.15, 0.2) is 24.3 Å². The molecule has 2 heteroatoms. The lowest BCUT2D eigenvalue weighted by molar-refractivity contribution is 0.340. The van der Waals surface area contributed by atoms with Gasteiger partial charge in [0.25, 0.3) is 0 Å². The summed E-state index contributed by atoms with van der Waals surface area (Å²) < 4.78 is 0. The van der Waals surface area contributed by atoms with E-state index in [0.29, 0.717) is 12.1 Å². The summed E-state index contributed by atoms with van der Waals surface area (Å²) in [6.45, 7) is 6.91. The van der Waals surface area contributed by atoms with Crippen LogP contribution in [0.1, 0.15) is 43.4 Å². The molecule has 1 aliphatic rings. The van der Waals surface area contributed by atoms with Crippen LogP contribution in [0.3, 0.4) is 0 Å². The van der Waals surface area contributed by atoms with Gasteiger partial charge in [-0.2, -0.15) is 0 Å². The van der Waals surface area contributed by atoms with Crippen molar-refractivity contribution in [2.45, 2.75) is 45.2 Å². The van der Waals surface area contributed by atoms with Gasteiger partial charge < -0.3 is 10.2 Å². The summed E-state index contributed by atoms with van der Waals surface area (Å²) in [7, 11) is 2.23. The molecule has 1 aromatic carbocycles. The number of benzene rings is 1. The fourth-order valence-electron chi connectivity index (χ4n) is 2.80. The van der Waals surface area contributed by atoms with E-state index in [4.69, 9.17) is 0 Å². The third-order valence-electron chi connectivity index (χ3n) is 3.98. The van der Waals surface area contributed by atoms with Gasteiger partial charge >= 0.3 is 0 Å². The highest BCUT2D eigenvalue weighted by atomic mass is 15.1. The SMILES string of the molecule is Cc1cccc([C@@H](C)NC2CCCN(C)CC2)c1. The summed E-state index contributed by atoms with van der Waals surface area (Å²) >= 11 is 0. The molecular weight excluding hydrogens is 220 g/mol. The fraction of sp³-hybridized carbons (Fsp3) is 0.625. The summed E-state index contributed by atoms with van der Waals surface area (Å²) in [6, 6.07) is 9.97. The van der Waals surface area contributed by atoms with Crippen molar-refractivity contribution < 1.29 is 0 Å². The van der Waals surface area contributed by atoms with E-state index in [9.17, 15) is 0 Å². The smallest absolute Gasteiger partial charge is 0.0294 e. The molecular formula is C16H26N2. The number of hydrogen-bond donors (Lipinski definition) is 1. The molecule has 2 atom stereocenters. The van der Waals surface area contributed by atoms with Crippen molar-refractivity contribution in [2.24, 2.45) is 0 Å². The third-order valence-corrected chi connectivity index (χ3v) is 3.98. The van der Waals surface area contributed by atoms with Crippen LogP contribution in [0.5, 0.6) is 0 Å². The van der Waals surface area contributed by atoms with Crippen LogP contribution in [0.4, 0.5) is 0 Å². The Morgan fingerprint density at radius 3 is 2.89 bits per heavy atom. The van der Waals surface area contributed by atoms with Gasteiger partial charge in [0, 0.05) is 12.1 Å². The van der Waals surface area contributed by atoms with Crippen molar-refractivity contribution in [1.29, 1.82) is 0 Å². The highest BCUT2D eigenvalue weighted by Gasteiger charge is 2.17. The van der Waals surface area contributed by atoms with Crippen LogP contribution < -0.4 is 5.32 Å². The summed E-state index contributed by atoms with van der Waals surface area (Å²) in [5, 5.41) is 3.80. The molecule has 1 saturated heterocycles. The summed E-state index contributed by atoms with van der Waals surface area (Å²) in [6.07, 6.45) is 3.89. The van der Waals surface area contributed by atoms with Gasteiger partial charge in [0.1, 0.15) is 0 Å². The van der Waals surface area contributed by atoms with Crippen LogP contribution in [0.2, 0.25) is 0 Å². The molecule has 100 valence electrons. The molecule has 0 bridgehead atoms. The van der Waals surface area contributed by atoms with Gasteiger partial charge in [0.2, 0.25) is 0 Å². The fourth-order valence-corrected chi connectivity index (χ4v) is 2.80. The monoisotopic (exact) mass is 246 g/mol. The molecule has 1 heterocycles. The van der Waals surface area contributed by atoms with Crippen LogP contribution in [-0.4, -0.2) is 31.1 Å². The molecule has 1 N–H and O–H groups in total. The van der Waals surface area contributed by atoms with Gasteiger partial charge in [0.15, 0.2) is 0 Å². The number of hydrogen-bond acceptors (Lipinski definition) is 2. The minimum absolute atomic E-state index is 0.457.